The van der Waals surface area contributed by atoms with Gasteiger partial charge in [-0.15, -0.1) is 15.7 Å². The maximum absolute atomic E-state index is 4.22. The van der Waals surface area contributed by atoms with Crippen molar-refractivity contribution in [3.8, 4) is 28.5 Å². The number of aromatic nitrogens is 4. The molecule has 1 aromatic carbocycles. The Kier molecular flexibility index (Phi) is 4.09. The van der Waals surface area contributed by atoms with Gasteiger partial charge in [0.2, 0.25) is 0 Å². The quantitative estimate of drug-likeness (QED) is 0.536. The third-order valence-corrected chi connectivity index (χ3v) is 4.09. The van der Waals surface area contributed by atoms with Gasteiger partial charge in [0.15, 0.2) is 5.82 Å². The van der Waals surface area contributed by atoms with Gasteiger partial charge in [-0.2, -0.15) is 0 Å². The van der Waals surface area contributed by atoms with Gasteiger partial charge >= 0.3 is 0 Å². The van der Waals surface area contributed by atoms with Gasteiger partial charge in [0.25, 0.3) is 0 Å². The first-order chi connectivity index (χ1) is 11.0. The molecular weight excluding hydrogens is 300 g/mol. The van der Waals surface area contributed by atoms with E-state index in [4.69, 9.17) is 0 Å². The third kappa shape index (κ3) is 3.73. The van der Waals surface area contributed by atoms with Crippen molar-refractivity contribution in [1.29, 1.82) is 0 Å². The lowest BCUT2D eigenvalue weighted by atomic mass is 10.2. The van der Waals surface area contributed by atoms with Crippen LogP contribution in [0.5, 0.6) is 0 Å². The summed E-state index contributed by atoms with van der Waals surface area (Å²) in [5.74, 6) is 4.07. The van der Waals surface area contributed by atoms with Crippen LogP contribution in [0.4, 0.5) is 0 Å². The third-order valence-electron chi connectivity index (χ3n) is 3.21. The molecule has 0 N–H and O–H groups in total. The van der Waals surface area contributed by atoms with Crippen LogP contribution in [0.15, 0.2) is 55.1 Å². The van der Waals surface area contributed by atoms with Crippen LogP contribution in [0.3, 0.4) is 0 Å². The first-order valence-electron chi connectivity index (χ1n) is 7.47. The molecule has 0 saturated carbocycles. The Labute approximate surface area is 137 Å². The monoisotopic (exact) mass is 318 g/mol. The van der Waals surface area contributed by atoms with Crippen LogP contribution in [0.2, 0.25) is 19.6 Å². The zero-order chi connectivity index (χ0) is 16.3. The number of benzene rings is 1. The largest absolute Gasteiger partial charge is 0.282 e. The number of rotatable bonds is 2. The number of hydrogen-bond acceptors (Lipinski definition) is 3. The van der Waals surface area contributed by atoms with E-state index in [0.29, 0.717) is 0 Å². The Balaban J connectivity index is 1.92. The molecule has 2 heterocycles. The summed E-state index contributed by atoms with van der Waals surface area (Å²) in [4.78, 5) is 4.04. The average Bonchev–Trinajstić information content (AvgIpc) is 3.03. The fraction of sp³-hybridized carbons (Fsp3) is 0.167. The van der Waals surface area contributed by atoms with E-state index < -0.39 is 8.07 Å². The highest BCUT2D eigenvalue weighted by atomic mass is 28.3. The molecule has 3 rings (SSSR count). The molecule has 0 saturated heterocycles. The van der Waals surface area contributed by atoms with E-state index in [9.17, 15) is 0 Å². The van der Waals surface area contributed by atoms with Crippen LogP contribution >= 0.6 is 0 Å². The van der Waals surface area contributed by atoms with Gasteiger partial charge in [-0.1, -0.05) is 25.6 Å². The second kappa shape index (κ2) is 6.19. The lowest BCUT2D eigenvalue weighted by Crippen LogP contribution is -2.16. The molecular formula is C18H18N4Si. The van der Waals surface area contributed by atoms with E-state index in [0.717, 1.165) is 22.6 Å². The molecule has 4 nitrogen and oxygen atoms in total. The van der Waals surface area contributed by atoms with Crippen molar-refractivity contribution in [2.24, 2.45) is 0 Å². The van der Waals surface area contributed by atoms with E-state index in [1.165, 1.54) is 0 Å². The van der Waals surface area contributed by atoms with Crippen LogP contribution in [-0.4, -0.2) is 27.8 Å². The standard InChI is InChI=1S/C18H18N4Si/c1-23(2,3)13-10-15-4-6-17(7-5-15)22-14-20-21-18(22)16-8-11-19-12-9-16/h4-9,11-12,14H,1-3H3. The maximum Gasteiger partial charge on any atom is 0.168 e. The van der Waals surface area contributed by atoms with Crippen molar-refractivity contribution >= 4 is 8.07 Å². The lowest BCUT2D eigenvalue weighted by Gasteiger charge is -2.07. The van der Waals surface area contributed by atoms with Gasteiger partial charge in [0.05, 0.1) is 0 Å². The molecule has 0 aliphatic heterocycles. The molecule has 0 aliphatic carbocycles. The maximum atomic E-state index is 4.22. The molecule has 0 spiro atoms. The first kappa shape index (κ1) is 15.2. The molecule has 2 aromatic heterocycles. The van der Waals surface area contributed by atoms with Gasteiger partial charge in [-0.3, -0.25) is 9.55 Å². The summed E-state index contributed by atoms with van der Waals surface area (Å²) < 4.78 is 1.96. The molecule has 0 bridgehead atoms. The van der Waals surface area contributed by atoms with E-state index in [1.807, 2.05) is 41.0 Å². The van der Waals surface area contributed by atoms with Crippen LogP contribution in [0.25, 0.3) is 17.1 Å². The second-order valence-electron chi connectivity index (χ2n) is 6.31. The minimum atomic E-state index is -1.35. The summed E-state index contributed by atoms with van der Waals surface area (Å²) in [7, 11) is -1.35. The Morgan fingerprint density at radius 2 is 1.65 bits per heavy atom. The highest BCUT2D eigenvalue weighted by molar-refractivity contribution is 6.83. The second-order valence-corrected chi connectivity index (χ2v) is 11.1. The molecule has 0 fully saturated rings. The van der Waals surface area contributed by atoms with Crippen molar-refractivity contribution in [2.75, 3.05) is 0 Å². The molecule has 0 aliphatic rings. The van der Waals surface area contributed by atoms with Gasteiger partial charge in [0.1, 0.15) is 14.4 Å². The SMILES string of the molecule is C[Si](C)(C)C#Cc1ccc(-n2cnnc2-c2ccncc2)cc1. The van der Waals surface area contributed by atoms with Crippen LogP contribution in [0, 0.1) is 11.5 Å². The Morgan fingerprint density at radius 3 is 2.30 bits per heavy atom. The fourth-order valence-corrected chi connectivity index (χ4v) is 2.61. The summed E-state index contributed by atoms with van der Waals surface area (Å²) >= 11 is 0. The summed E-state index contributed by atoms with van der Waals surface area (Å²) in [5, 5.41) is 8.25. The minimum Gasteiger partial charge on any atom is -0.282 e. The Bertz CT molecular complexity index is 850. The molecule has 0 amide bonds. The molecule has 0 unspecified atom stereocenters. The Hall–Kier alpha value is -2.71. The number of pyridine rings is 1. The first-order valence-corrected chi connectivity index (χ1v) is 11.0. The van der Waals surface area contributed by atoms with E-state index >= 15 is 0 Å². The number of hydrogen-bond donors (Lipinski definition) is 0. The fourth-order valence-electron chi connectivity index (χ4n) is 2.09. The summed E-state index contributed by atoms with van der Waals surface area (Å²) in [6.07, 6.45) is 5.23. The topological polar surface area (TPSA) is 43.6 Å². The van der Waals surface area contributed by atoms with Crippen LogP contribution in [0.1, 0.15) is 5.56 Å². The molecule has 5 heteroatoms. The molecule has 114 valence electrons. The predicted molar refractivity (Wildman–Crippen MR) is 94.8 cm³/mol. The van der Waals surface area contributed by atoms with Crippen LogP contribution in [-0.2, 0) is 0 Å². The van der Waals surface area contributed by atoms with Crippen molar-refractivity contribution in [1.82, 2.24) is 19.7 Å². The predicted octanol–water partition coefficient (Wildman–Crippen LogP) is 3.56. The molecule has 3 aromatic rings. The highest BCUT2D eigenvalue weighted by Crippen LogP contribution is 2.19. The summed E-state index contributed by atoms with van der Waals surface area (Å²) in [6, 6.07) is 12.0. The number of nitrogens with zero attached hydrogens (tertiary/aromatic N) is 4. The molecule has 0 radical (unpaired) electrons. The van der Waals surface area contributed by atoms with E-state index in [2.05, 4.69) is 46.3 Å². The van der Waals surface area contributed by atoms with Crippen molar-refractivity contribution in [3.63, 3.8) is 0 Å². The average molecular weight is 318 g/mol. The van der Waals surface area contributed by atoms with Gasteiger partial charge in [-0.25, -0.2) is 0 Å². The minimum absolute atomic E-state index is 0.799. The van der Waals surface area contributed by atoms with Gasteiger partial charge in [-0.05, 0) is 36.4 Å². The normalized spacial score (nSPS) is 10.9. The van der Waals surface area contributed by atoms with Crippen molar-refractivity contribution in [2.45, 2.75) is 19.6 Å². The zero-order valence-corrected chi connectivity index (χ0v) is 14.5. The lowest BCUT2D eigenvalue weighted by molar-refractivity contribution is 1.06. The summed E-state index contributed by atoms with van der Waals surface area (Å²) in [5.41, 5.74) is 6.42. The van der Waals surface area contributed by atoms with Gasteiger partial charge in [0, 0.05) is 29.2 Å². The van der Waals surface area contributed by atoms with E-state index in [-0.39, 0.29) is 0 Å². The Morgan fingerprint density at radius 1 is 0.957 bits per heavy atom. The van der Waals surface area contributed by atoms with E-state index in [1.54, 1.807) is 18.7 Å². The molecule has 23 heavy (non-hydrogen) atoms. The molecule has 0 atom stereocenters. The van der Waals surface area contributed by atoms with Crippen molar-refractivity contribution in [3.05, 3.63) is 60.7 Å². The summed E-state index contributed by atoms with van der Waals surface area (Å²) in [6.45, 7) is 6.73. The smallest absolute Gasteiger partial charge is 0.168 e. The highest BCUT2D eigenvalue weighted by Gasteiger charge is 2.09. The zero-order valence-electron chi connectivity index (χ0n) is 13.5. The van der Waals surface area contributed by atoms with Crippen molar-refractivity contribution < 1.29 is 0 Å². The van der Waals surface area contributed by atoms with Gasteiger partial charge < -0.3 is 0 Å². The van der Waals surface area contributed by atoms with Crippen LogP contribution < -0.4 is 0 Å².